The Labute approximate surface area is 140 Å². The third-order valence-corrected chi connectivity index (χ3v) is 4.03. The number of carbonyl (C=O) groups excluding carboxylic acids is 2. The third kappa shape index (κ3) is 2.99. The van der Waals surface area contributed by atoms with Crippen molar-refractivity contribution < 1.29 is 14.3 Å². The zero-order valence-corrected chi connectivity index (χ0v) is 13.2. The zero-order chi connectivity index (χ0) is 17.1. The zero-order valence-electron chi connectivity index (χ0n) is 13.2. The number of nitriles is 1. The summed E-state index contributed by atoms with van der Waals surface area (Å²) in [6, 6.07) is 15.9. The molecule has 0 aromatic heterocycles. The van der Waals surface area contributed by atoms with Crippen molar-refractivity contribution in [3.8, 4) is 6.07 Å². The van der Waals surface area contributed by atoms with Gasteiger partial charge >= 0.3 is 5.97 Å². The normalized spacial score (nSPS) is 15.5. The van der Waals surface area contributed by atoms with Gasteiger partial charge in [0, 0.05) is 11.7 Å². The Hall–Kier alpha value is -3.13. The van der Waals surface area contributed by atoms with Gasteiger partial charge in [0.2, 0.25) is 0 Å². The Morgan fingerprint density at radius 1 is 1.25 bits per heavy atom. The lowest BCUT2D eigenvalue weighted by Gasteiger charge is -2.22. The number of benzene rings is 2. The molecule has 0 bridgehead atoms. The van der Waals surface area contributed by atoms with Crippen LogP contribution in [0.5, 0.6) is 0 Å². The molecule has 0 saturated carbocycles. The van der Waals surface area contributed by atoms with E-state index < -0.39 is 5.97 Å². The fourth-order valence-electron chi connectivity index (χ4n) is 2.94. The number of para-hydroxylation sites is 1. The molecule has 1 amide bonds. The molecule has 0 spiro atoms. The van der Waals surface area contributed by atoms with Crippen molar-refractivity contribution in [2.24, 2.45) is 0 Å². The van der Waals surface area contributed by atoms with Gasteiger partial charge < -0.3 is 9.64 Å². The molecule has 2 aromatic rings. The molecule has 1 atom stereocenters. The Balaban J connectivity index is 1.68. The molecule has 3 rings (SSSR count). The molecule has 2 aromatic carbocycles. The van der Waals surface area contributed by atoms with E-state index in [0.717, 1.165) is 17.7 Å². The molecule has 1 aliphatic heterocycles. The number of hydrogen-bond donors (Lipinski definition) is 0. The van der Waals surface area contributed by atoms with Crippen LogP contribution >= 0.6 is 0 Å². The molecule has 0 unspecified atom stereocenters. The molecule has 24 heavy (non-hydrogen) atoms. The summed E-state index contributed by atoms with van der Waals surface area (Å²) in [7, 11) is 0. The van der Waals surface area contributed by atoms with Crippen LogP contribution in [-0.4, -0.2) is 24.5 Å². The number of ether oxygens (including phenoxy) is 1. The average molecular weight is 320 g/mol. The number of rotatable bonds is 3. The maximum atomic E-state index is 12.5. The van der Waals surface area contributed by atoms with E-state index in [4.69, 9.17) is 10.00 Å². The van der Waals surface area contributed by atoms with E-state index in [1.165, 1.54) is 6.07 Å². The lowest BCUT2D eigenvalue weighted by Crippen LogP contribution is -2.38. The van der Waals surface area contributed by atoms with Crippen LogP contribution in [0.3, 0.4) is 0 Å². The highest BCUT2D eigenvalue weighted by molar-refractivity contribution is 5.99. The van der Waals surface area contributed by atoms with Gasteiger partial charge in [0.05, 0.1) is 17.2 Å². The summed E-state index contributed by atoms with van der Waals surface area (Å²) in [6.45, 7) is 1.64. The number of anilines is 1. The summed E-state index contributed by atoms with van der Waals surface area (Å²) < 4.78 is 5.13. The van der Waals surface area contributed by atoms with Gasteiger partial charge in [-0.1, -0.05) is 24.3 Å². The highest BCUT2D eigenvalue weighted by Crippen LogP contribution is 2.31. The van der Waals surface area contributed by atoms with E-state index in [0.29, 0.717) is 5.56 Å². The van der Waals surface area contributed by atoms with Crippen molar-refractivity contribution >= 4 is 17.6 Å². The SMILES string of the molecule is C[C@@H]1Cc2ccccc2N1C(=O)COC(=O)c1cccc(C#N)c1. The van der Waals surface area contributed by atoms with Crippen molar-refractivity contribution in [3.63, 3.8) is 0 Å². The lowest BCUT2D eigenvalue weighted by atomic mass is 10.1. The number of esters is 1. The minimum Gasteiger partial charge on any atom is -0.452 e. The monoisotopic (exact) mass is 320 g/mol. The molecular weight excluding hydrogens is 304 g/mol. The third-order valence-electron chi connectivity index (χ3n) is 4.03. The number of carbonyl (C=O) groups is 2. The smallest absolute Gasteiger partial charge is 0.338 e. The van der Waals surface area contributed by atoms with Gasteiger partial charge in [-0.15, -0.1) is 0 Å². The minimum atomic E-state index is -0.611. The molecule has 0 N–H and O–H groups in total. The van der Waals surface area contributed by atoms with Crippen LogP contribution in [0.2, 0.25) is 0 Å². The van der Waals surface area contributed by atoms with Crippen LogP contribution in [0.15, 0.2) is 48.5 Å². The summed E-state index contributed by atoms with van der Waals surface area (Å²) in [5.74, 6) is -0.863. The highest BCUT2D eigenvalue weighted by atomic mass is 16.5. The Kier molecular flexibility index (Phi) is 4.30. The second-order valence-electron chi connectivity index (χ2n) is 5.71. The largest absolute Gasteiger partial charge is 0.452 e. The van der Waals surface area contributed by atoms with Crippen molar-refractivity contribution in [2.75, 3.05) is 11.5 Å². The van der Waals surface area contributed by atoms with Crippen molar-refractivity contribution in [1.29, 1.82) is 5.26 Å². The van der Waals surface area contributed by atoms with Crippen LogP contribution in [-0.2, 0) is 16.0 Å². The fraction of sp³-hybridized carbons (Fsp3) is 0.211. The molecule has 1 heterocycles. The standard InChI is InChI=1S/C19H16N2O3/c1-13-9-15-6-2-3-8-17(15)21(13)18(22)12-24-19(23)16-7-4-5-14(10-16)11-20/h2-8,10,13H,9,12H2,1H3/t13-/m1/s1. The first kappa shape index (κ1) is 15.8. The van der Waals surface area contributed by atoms with Crippen LogP contribution in [0.1, 0.15) is 28.4 Å². The second kappa shape index (κ2) is 6.55. The van der Waals surface area contributed by atoms with Gasteiger partial charge in [-0.3, -0.25) is 4.79 Å². The Morgan fingerprint density at radius 3 is 2.83 bits per heavy atom. The Morgan fingerprint density at radius 2 is 2.04 bits per heavy atom. The highest BCUT2D eigenvalue weighted by Gasteiger charge is 2.30. The van der Waals surface area contributed by atoms with Gasteiger partial charge in [-0.05, 0) is 43.2 Å². The van der Waals surface area contributed by atoms with E-state index in [1.54, 1.807) is 23.1 Å². The lowest BCUT2D eigenvalue weighted by molar-refractivity contribution is -0.122. The van der Waals surface area contributed by atoms with Crippen LogP contribution in [0.4, 0.5) is 5.69 Å². The molecule has 5 nitrogen and oxygen atoms in total. The van der Waals surface area contributed by atoms with Crippen LogP contribution in [0.25, 0.3) is 0 Å². The van der Waals surface area contributed by atoms with Gasteiger partial charge in [0.1, 0.15) is 0 Å². The predicted molar refractivity (Wildman–Crippen MR) is 88.5 cm³/mol. The molecule has 0 aliphatic carbocycles. The van der Waals surface area contributed by atoms with E-state index in [1.807, 2.05) is 37.3 Å². The number of hydrogen-bond acceptors (Lipinski definition) is 4. The Bertz CT molecular complexity index is 839. The van der Waals surface area contributed by atoms with E-state index in [2.05, 4.69) is 0 Å². The summed E-state index contributed by atoms with van der Waals surface area (Å²) >= 11 is 0. The minimum absolute atomic E-state index is 0.0375. The average Bonchev–Trinajstić information content (AvgIpc) is 2.95. The van der Waals surface area contributed by atoms with Crippen LogP contribution < -0.4 is 4.90 Å². The predicted octanol–water partition coefficient (Wildman–Crippen LogP) is 2.69. The number of nitrogens with zero attached hydrogens (tertiary/aromatic N) is 2. The summed E-state index contributed by atoms with van der Waals surface area (Å²) in [5.41, 5.74) is 2.62. The summed E-state index contributed by atoms with van der Waals surface area (Å²) in [5, 5.41) is 8.86. The molecule has 1 aliphatic rings. The first-order valence-corrected chi connectivity index (χ1v) is 7.67. The number of fused-ring (bicyclic) bond motifs is 1. The maximum Gasteiger partial charge on any atom is 0.338 e. The number of amides is 1. The summed E-state index contributed by atoms with van der Waals surface area (Å²) in [4.78, 5) is 26.2. The molecular formula is C19H16N2O3. The van der Waals surface area contributed by atoms with E-state index in [9.17, 15) is 9.59 Å². The molecule has 0 radical (unpaired) electrons. The molecule has 120 valence electrons. The van der Waals surface area contributed by atoms with E-state index in [-0.39, 0.29) is 24.1 Å². The van der Waals surface area contributed by atoms with Crippen molar-refractivity contribution in [3.05, 3.63) is 65.2 Å². The second-order valence-corrected chi connectivity index (χ2v) is 5.71. The quantitative estimate of drug-likeness (QED) is 0.815. The first-order chi connectivity index (χ1) is 11.6. The van der Waals surface area contributed by atoms with Crippen molar-refractivity contribution in [2.45, 2.75) is 19.4 Å². The van der Waals surface area contributed by atoms with Crippen LogP contribution in [0, 0.1) is 11.3 Å². The van der Waals surface area contributed by atoms with Gasteiger partial charge in [0.25, 0.3) is 5.91 Å². The molecule has 0 fully saturated rings. The topological polar surface area (TPSA) is 70.4 Å². The summed E-state index contributed by atoms with van der Waals surface area (Å²) in [6.07, 6.45) is 0.792. The fourth-order valence-corrected chi connectivity index (χ4v) is 2.94. The van der Waals surface area contributed by atoms with Gasteiger partial charge in [0.15, 0.2) is 6.61 Å². The van der Waals surface area contributed by atoms with Crippen molar-refractivity contribution in [1.82, 2.24) is 0 Å². The van der Waals surface area contributed by atoms with E-state index >= 15 is 0 Å². The molecule has 0 saturated heterocycles. The van der Waals surface area contributed by atoms with Gasteiger partial charge in [-0.2, -0.15) is 5.26 Å². The first-order valence-electron chi connectivity index (χ1n) is 7.67. The molecule has 5 heteroatoms. The van der Waals surface area contributed by atoms with Gasteiger partial charge in [-0.25, -0.2) is 4.79 Å². The maximum absolute atomic E-state index is 12.5.